The van der Waals surface area contributed by atoms with Crippen molar-refractivity contribution >= 4 is 74.9 Å². The molecule has 0 unspecified atom stereocenters. The molecular weight excluding hydrogens is 639 g/mol. The minimum Gasteiger partial charge on any atom is -0.462 e. The van der Waals surface area contributed by atoms with Crippen LogP contribution in [0.3, 0.4) is 0 Å². The van der Waals surface area contributed by atoms with Gasteiger partial charge in [-0.3, -0.25) is 14.4 Å². The summed E-state index contributed by atoms with van der Waals surface area (Å²) in [5.74, 6) is -1.38. The zero-order valence-corrected chi connectivity index (χ0v) is 27.9. The Morgan fingerprint density at radius 2 is 1.72 bits per heavy atom. The van der Waals surface area contributed by atoms with Crippen LogP contribution in [0.5, 0.6) is 0 Å². The number of thioether (sulfide) groups is 1. The van der Waals surface area contributed by atoms with Crippen LogP contribution in [0.1, 0.15) is 68.6 Å². The number of carbonyl (C=O) groups excluding carboxylic acids is 4. The highest BCUT2D eigenvalue weighted by atomic mass is 32.2. The van der Waals surface area contributed by atoms with E-state index in [1.807, 2.05) is 29.6 Å². The number of anilines is 2. The molecule has 3 N–H and O–H groups in total. The van der Waals surface area contributed by atoms with E-state index in [1.165, 1.54) is 40.9 Å². The molecule has 0 aliphatic heterocycles. The van der Waals surface area contributed by atoms with E-state index in [0.29, 0.717) is 21.8 Å². The van der Waals surface area contributed by atoms with Crippen LogP contribution in [-0.4, -0.2) is 36.1 Å². The molecule has 0 saturated heterocycles. The van der Waals surface area contributed by atoms with Gasteiger partial charge in [0.2, 0.25) is 5.91 Å². The smallest absolute Gasteiger partial charge is 0.341 e. The molecule has 46 heavy (non-hydrogen) atoms. The maximum Gasteiger partial charge on any atom is 0.341 e. The fraction of sp³-hybridized carbons (Fsp3) is 0.257. The maximum atomic E-state index is 13.3. The average Bonchev–Trinajstić information content (AvgIpc) is 3.68. The van der Waals surface area contributed by atoms with Gasteiger partial charge in [-0.25, -0.2) is 4.79 Å². The molecule has 5 rings (SSSR count). The number of aryl methyl sites for hydroxylation is 1. The standard InChI is InChI=1S/C35H35N3O5S3/c1-2-43-35(42)31-27-17-8-3-4-9-18-29(27)46-34(31)38-30(39)22-45-25-15-10-14-24(20-25)36-33(41)28(21-26-16-11-19-44-26)37-32(40)23-12-6-5-7-13-23/h5-7,10-16,19-21H,2-4,8-9,17-18,22H2,1H3,(H,36,41)(H,37,40)(H,38,39)/b28-21-. The second-order valence-electron chi connectivity index (χ2n) is 10.6. The first-order valence-corrected chi connectivity index (χ1v) is 17.9. The van der Waals surface area contributed by atoms with E-state index in [1.54, 1.807) is 55.5 Å². The van der Waals surface area contributed by atoms with E-state index < -0.39 is 11.8 Å². The highest BCUT2D eigenvalue weighted by Gasteiger charge is 2.26. The molecule has 3 amide bonds. The Labute approximate surface area is 280 Å². The molecule has 0 atom stereocenters. The second-order valence-corrected chi connectivity index (χ2v) is 13.7. The fourth-order valence-electron chi connectivity index (χ4n) is 5.06. The van der Waals surface area contributed by atoms with Gasteiger partial charge in [-0.05, 0) is 86.0 Å². The highest BCUT2D eigenvalue weighted by Crippen LogP contribution is 2.38. The number of nitrogens with one attached hydrogen (secondary N) is 3. The van der Waals surface area contributed by atoms with Crippen LogP contribution in [0, 0.1) is 0 Å². The Balaban J connectivity index is 1.25. The number of esters is 1. The molecule has 2 aromatic heterocycles. The number of hydrogen-bond acceptors (Lipinski definition) is 8. The SMILES string of the molecule is CCOC(=O)c1c(NC(=O)CSc2cccc(NC(=O)/C(=C/c3cccs3)NC(=O)c3ccccc3)c2)sc2c1CCCCCC2. The van der Waals surface area contributed by atoms with Gasteiger partial charge >= 0.3 is 5.97 Å². The fourth-order valence-corrected chi connectivity index (χ4v) is 7.76. The summed E-state index contributed by atoms with van der Waals surface area (Å²) < 4.78 is 5.36. The van der Waals surface area contributed by atoms with Crippen molar-refractivity contribution in [2.24, 2.45) is 0 Å². The molecule has 0 fully saturated rings. The van der Waals surface area contributed by atoms with Gasteiger partial charge in [0.25, 0.3) is 11.8 Å². The summed E-state index contributed by atoms with van der Waals surface area (Å²) in [6.45, 7) is 2.05. The lowest BCUT2D eigenvalue weighted by atomic mass is 9.96. The normalized spacial score (nSPS) is 13.1. The first-order chi connectivity index (χ1) is 22.4. The molecule has 238 valence electrons. The van der Waals surface area contributed by atoms with Crippen molar-refractivity contribution in [3.63, 3.8) is 0 Å². The van der Waals surface area contributed by atoms with Crippen LogP contribution in [0.25, 0.3) is 6.08 Å². The van der Waals surface area contributed by atoms with Gasteiger partial charge in [0.15, 0.2) is 0 Å². The molecular formula is C35H35N3O5S3. The number of benzene rings is 2. The molecule has 2 heterocycles. The molecule has 0 saturated carbocycles. The molecule has 1 aliphatic rings. The quantitative estimate of drug-likeness (QED) is 0.0851. The van der Waals surface area contributed by atoms with Crippen molar-refractivity contribution in [1.29, 1.82) is 0 Å². The Morgan fingerprint density at radius 3 is 2.48 bits per heavy atom. The van der Waals surface area contributed by atoms with Crippen LogP contribution in [0.4, 0.5) is 10.7 Å². The third-order valence-corrected chi connectivity index (χ3v) is 10.2. The van der Waals surface area contributed by atoms with Gasteiger partial charge in [-0.1, -0.05) is 43.2 Å². The summed E-state index contributed by atoms with van der Waals surface area (Å²) in [6, 6.07) is 19.6. The van der Waals surface area contributed by atoms with E-state index in [-0.39, 0.29) is 29.9 Å². The molecule has 4 aromatic rings. The number of thiophene rings is 2. The monoisotopic (exact) mass is 673 g/mol. The van der Waals surface area contributed by atoms with E-state index in [0.717, 1.165) is 52.3 Å². The lowest BCUT2D eigenvalue weighted by Gasteiger charge is -2.12. The minimum atomic E-state index is -0.475. The van der Waals surface area contributed by atoms with Crippen molar-refractivity contribution in [1.82, 2.24) is 5.32 Å². The number of ether oxygens (including phenoxy) is 1. The molecule has 11 heteroatoms. The first kappa shape index (κ1) is 33.2. The van der Waals surface area contributed by atoms with Crippen molar-refractivity contribution in [2.45, 2.75) is 50.3 Å². The predicted octanol–water partition coefficient (Wildman–Crippen LogP) is 7.79. The van der Waals surface area contributed by atoms with E-state index in [2.05, 4.69) is 16.0 Å². The van der Waals surface area contributed by atoms with Crippen LogP contribution < -0.4 is 16.0 Å². The summed E-state index contributed by atoms with van der Waals surface area (Å²) in [6.07, 6.45) is 7.72. The van der Waals surface area contributed by atoms with E-state index >= 15 is 0 Å². The lowest BCUT2D eigenvalue weighted by Crippen LogP contribution is -2.30. The zero-order chi connectivity index (χ0) is 32.3. The van der Waals surface area contributed by atoms with Crippen LogP contribution in [-0.2, 0) is 27.2 Å². The Morgan fingerprint density at radius 1 is 0.913 bits per heavy atom. The Bertz CT molecular complexity index is 1710. The number of amides is 3. The summed E-state index contributed by atoms with van der Waals surface area (Å²) in [5.41, 5.74) is 2.58. The molecule has 8 nitrogen and oxygen atoms in total. The lowest BCUT2D eigenvalue weighted by molar-refractivity contribution is -0.114. The third-order valence-electron chi connectivity index (χ3n) is 7.22. The number of rotatable bonds is 11. The Hall–Kier alpha value is -4.19. The van der Waals surface area contributed by atoms with Crippen molar-refractivity contribution in [3.8, 4) is 0 Å². The molecule has 0 spiro atoms. The second kappa shape index (κ2) is 16.4. The van der Waals surface area contributed by atoms with Crippen LogP contribution in [0.15, 0.2) is 82.7 Å². The van der Waals surface area contributed by atoms with Gasteiger partial charge in [-0.2, -0.15) is 0 Å². The van der Waals surface area contributed by atoms with Gasteiger partial charge in [-0.15, -0.1) is 34.4 Å². The summed E-state index contributed by atoms with van der Waals surface area (Å²) in [7, 11) is 0. The van der Waals surface area contributed by atoms with E-state index in [9.17, 15) is 19.2 Å². The van der Waals surface area contributed by atoms with Crippen molar-refractivity contribution in [2.75, 3.05) is 23.0 Å². The third kappa shape index (κ3) is 8.96. The van der Waals surface area contributed by atoms with Gasteiger partial charge in [0.1, 0.15) is 10.7 Å². The van der Waals surface area contributed by atoms with Gasteiger partial charge in [0.05, 0.1) is 17.9 Å². The minimum absolute atomic E-state index is 0.108. The van der Waals surface area contributed by atoms with Gasteiger partial charge in [0, 0.05) is 25.9 Å². The summed E-state index contributed by atoms with van der Waals surface area (Å²) in [5, 5.41) is 11.0. The molecule has 0 bridgehead atoms. The molecule has 2 aromatic carbocycles. The average molecular weight is 674 g/mol. The van der Waals surface area contributed by atoms with Crippen LogP contribution >= 0.6 is 34.4 Å². The summed E-state index contributed by atoms with van der Waals surface area (Å²) >= 11 is 4.25. The number of carbonyl (C=O) groups is 4. The van der Waals surface area contributed by atoms with Crippen molar-refractivity contribution in [3.05, 3.63) is 104 Å². The first-order valence-electron chi connectivity index (χ1n) is 15.2. The largest absolute Gasteiger partial charge is 0.462 e. The molecule has 0 radical (unpaired) electrons. The van der Waals surface area contributed by atoms with Crippen LogP contribution in [0.2, 0.25) is 0 Å². The van der Waals surface area contributed by atoms with E-state index in [4.69, 9.17) is 4.74 Å². The Kier molecular flexibility index (Phi) is 11.8. The number of fused-ring (bicyclic) bond motifs is 1. The predicted molar refractivity (Wildman–Crippen MR) is 187 cm³/mol. The zero-order valence-electron chi connectivity index (χ0n) is 25.4. The topological polar surface area (TPSA) is 114 Å². The highest BCUT2D eigenvalue weighted by molar-refractivity contribution is 8.00. The van der Waals surface area contributed by atoms with Gasteiger partial charge < -0.3 is 20.7 Å². The summed E-state index contributed by atoms with van der Waals surface area (Å²) in [4.78, 5) is 55.0. The maximum absolute atomic E-state index is 13.3. The van der Waals surface area contributed by atoms with Crippen molar-refractivity contribution < 1.29 is 23.9 Å². The molecule has 1 aliphatic carbocycles. The number of hydrogen-bond donors (Lipinski definition) is 3.